The molecule has 6 nitrogen and oxygen atoms in total. The molecule has 18 heavy (non-hydrogen) atoms. The maximum Gasteiger partial charge on any atom is 0.277 e. The Labute approximate surface area is 106 Å². The summed E-state index contributed by atoms with van der Waals surface area (Å²) in [7, 11) is -2.28. The van der Waals surface area contributed by atoms with Gasteiger partial charge in [-0.2, -0.15) is 13.1 Å². The van der Waals surface area contributed by atoms with Crippen molar-refractivity contribution < 1.29 is 13.2 Å². The van der Waals surface area contributed by atoms with Crippen LogP contribution in [-0.4, -0.2) is 34.5 Å². The van der Waals surface area contributed by atoms with Crippen LogP contribution >= 0.6 is 0 Å². The van der Waals surface area contributed by atoms with Crippen molar-refractivity contribution >= 4 is 21.8 Å². The average Bonchev–Trinajstić information content (AvgIpc) is 2.80. The Hall–Kier alpha value is -1.44. The zero-order chi connectivity index (χ0) is 13.2. The molecule has 1 aromatic rings. The third-order valence-electron chi connectivity index (χ3n) is 2.87. The van der Waals surface area contributed by atoms with Crippen molar-refractivity contribution in [2.45, 2.75) is 6.42 Å². The van der Waals surface area contributed by atoms with Gasteiger partial charge in [0, 0.05) is 19.3 Å². The average molecular weight is 269 g/mol. The van der Waals surface area contributed by atoms with Crippen molar-refractivity contribution in [2.24, 2.45) is 0 Å². The minimum absolute atomic E-state index is 0.239. The number of rotatable bonds is 4. The fourth-order valence-electron chi connectivity index (χ4n) is 1.92. The third kappa shape index (κ3) is 2.69. The van der Waals surface area contributed by atoms with Crippen LogP contribution in [0.4, 0.5) is 5.69 Å². The highest BCUT2D eigenvalue weighted by atomic mass is 32.2. The van der Waals surface area contributed by atoms with Crippen LogP contribution in [0.1, 0.15) is 5.56 Å². The first-order valence-corrected chi connectivity index (χ1v) is 7.08. The molecule has 2 rings (SSSR count). The topological polar surface area (TPSA) is 78.5 Å². The maximum atomic E-state index is 11.9. The van der Waals surface area contributed by atoms with Crippen LogP contribution in [0.2, 0.25) is 0 Å². The van der Waals surface area contributed by atoms with Gasteiger partial charge < -0.3 is 4.90 Å². The van der Waals surface area contributed by atoms with Crippen molar-refractivity contribution in [1.82, 2.24) is 9.44 Å². The van der Waals surface area contributed by atoms with E-state index in [1.54, 1.807) is 4.90 Å². The molecule has 98 valence electrons. The van der Waals surface area contributed by atoms with Crippen molar-refractivity contribution in [1.29, 1.82) is 0 Å². The van der Waals surface area contributed by atoms with Gasteiger partial charge in [0.15, 0.2) is 0 Å². The monoisotopic (exact) mass is 269 g/mol. The van der Waals surface area contributed by atoms with Gasteiger partial charge in [0.05, 0.1) is 6.54 Å². The van der Waals surface area contributed by atoms with Gasteiger partial charge in [-0.15, -0.1) is 0 Å². The maximum absolute atomic E-state index is 11.9. The molecule has 0 aromatic heterocycles. The summed E-state index contributed by atoms with van der Waals surface area (Å²) in [6, 6.07) is 7.63. The molecule has 0 bridgehead atoms. The fourth-order valence-corrected chi connectivity index (χ4v) is 2.38. The summed E-state index contributed by atoms with van der Waals surface area (Å²) in [5, 5.41) is 0. The van der Waals surface area contributed by atoms with E-state index >= 15 is 0 Å². The molecule has 1 amide bonds. The minimum atomic E-state index is -3.57. The molecule has 0 atom stereocenters. The van der Waals surface area contributed by atoms with E-state index in [1.165, 1.54) is 7.05 Å². The third-order valence-corrected chi connectivity index (χ3v) is 3.93. The molecule has 0 spiro atoms. The Morgan fingerprint density at radius 3 is 2.83 bits per heavy atom. The van der Waals surface area contributed by atoms with Crippen LogP contribution in [-0.2, 0) is 21.4 Å². The van der Waals surface area contributed by atoms with Crippen molar-refractivity contribution in [3.05, 3.63) is 29.8 Å². The zero-order valence-electron chi connectivity index (χ0n) is 10.0. The largest absolute Gasteiger partial charge is 0.311 e. The molecule has 2 N–H and O–H groups in total. The second kappa shape index (κ2) is 5.05. The van der Waals surface area contributed by atoms with E-state index in [9.17, 15) is 13.2 Å². The highest BCUT2D eigenvalue weighted by Gasteiger charge is 2.24. The van der Waals surface area contributed by atoms with E-state index < -0.39 is 10.2 Å². The second-order valence-corrected chi connectivity index (χ2v) is 5.66. The first kappa shape index (κ1) is 13.0. The molecule has 1 aliphatic heterocycles. The molecule has 0 unspecified atom stereocenters. The summed E-state index contributed by atoms with van der Waals surface area (Å²) in [5.74, 6) is -0.251. The Bertz CT molecular complexity index is 556. The van der Waals surface area contributed by atoms with Gasteiger partial charge in [-0.25, -0.2) is 4.72 Å². The van der Waals surface area contributed by atoms with Crippen molar-refractivity contribution in [3.63, 3.8) is 0 Å². The predicted molar refractivity (Wildman–Crippen MR) is 68.5 cm³/mol. The first-order chi connectivity index (χ1) is 8.53. The van der Waals surface area contributed by atoms with Gasteiger partial charge in [0.2, 0.25) is 5.91 Å². The van der Waals surface area contributed by atoms with E-state index in [4.69, 9.17) is 0 Å². The fraction of sp³-hybridized carbons (Fsp3) is 0.364. The number of hydrogen-bond donors (Lipinski definition) is 2. The van der Waals surface area contributed by atoms with Gasteiger partial charge >= 0.3 is 0 Å². The quantitative estimate of drug-likeness (QED) is 0.783. The number of benzene rings is 1. The lowest BCUT2D eigenvalue weighted by atomic mass is 10.2. The van der Waals surface area contributed by atoms with E-state index in [-0.39, 0.29) is 12.5 Å². The van der Waals surface area contributed by atoms with Crippen LogP contribution in [0, 0.1) is 0 Å². The van der Waals surface area contributed by atoms with Crippen molar-refractivity contribution in [2.75, 3.05) is 25.0 Å². The van der Waals surface area contributed by atoms with E-state index in [2.05, 4.69) is 9.44 Å². The van der Waals surface area contributed by atoms with E-state index in [1.807, 2.05) is 24.3 Å². The number of anilines is 1. The van der Waals surface area contributed by atoms with Gasteiger partial charge in [-0.05, 0) is 18.1 Å². The number of amides is 1. The SMILES string of the molecule is CNS(=O)(=O)NCC(=O)N1CCc2ccccc21. The molecule has 0 saturated carbocycles. The zero-order valence-corrected chi connectivity index (χ0v) is 10.8. The highest BCUT2D eigenvalue weighted by Crippen LogP contribution is 2.27. The lowest BCUT2D eigenvalue weighted by molar-refractivity contribution is -0.117. The Morgan fingerprint density at radius 1 is 1.39 bits per heavy atom. The molecular formula is C11H15N3O3S. The summed E-state index contributed by atoms with van der Waals surface area (Å²) < 4.78 is 26.6. The first-order valence-electron chi connectivity index (χ1n) is 5.60. The number of nitrogens with zero attached hydrogens (tertiary/aromatic N) is 1. The summed E-state index contributed by atoms with van der Waals surface area (Å²) >= 11 is 0. The molecule has 0 radical (unpaired) electrons. The number of hydrogen-bond acceptors (Lipinski definition) is 3. The number of para-hydroxylation sites is 1. The Balaban J connectivity index is 2.04. The van der Waals surface area contributed by atoms with Crippen LogP contribution < -0.4 is 14.3 Å². The summed E-state index contributed by atoms with van der Waals surface area (Å²) in [6.07, 6.45) is 0.806. The number of fused-ring (bicyclic) bond motifs is 1. The summed E-state index contributed by atoms with van der Waals surface area (Å²) in [5.41, 5.74) is 1.98. The van der Waals surface area contributed by atoms with Crippen LogP contribution in [0.5, 0.6) is 0 Å². The Morgan fingerprint density at radius 2 is 2.11 bits per heavy atom. The Kier molecular flexibility index (Phi) is 3.65. The smallest absolute Gasteiger partial charge is 0.277 e. The van der Waals surface area contributed by atoms with Gasteiger partial charge in [-0.3, -0.25) is 4.79 Å². The molecule has 0 fully saturated rings. The molecular weight excluding hydrogens is 254 g/mol. The molecule has 0 saturated heterocycles. The van der Waals surface area contributed by atoms with Crippen molar-refractivity contribution in [3.8, 4) is 0 Å². The number of carbonyl (C=O) groups is 1. The lowest BCUT2D eigenvalue weighted by Crippen LogP contribution is -2.42. The molecule has 1 aliphatic rings. The standard InChI is InChI=1S/C11H15N3O3S/c1-12-18(16,17)13-8-11(15)14-7-6-9-4-2-3-5-10(9)14/h2-5,12-13H,6-8H2,1H3. The van der Waals surface area contributed by atoms with Gasteiger partial charge in [-0.1, -0.05) is 18.2 Å². The molecule has 1 heterocycles. The lowest BCUT2D eigenvalue weighted by Gasteiger charge is -2.17. The molecule has 7 heteroatoms. The predicted octanol–water partition coefficient (Wildman–Crippen LogP) is -0.370. The van der Waals surface area contributed by atoms with Crippen LogP contribution in [0.15, 0.2) is 24.3 Å². The van der Waals surface area contributed by atoms with Gasteiger partial charge in [0.25, 0.3) is 10.2 Å². The van der Waals surface area contributed by atoms with Crippen LogP contribution in [0.25, 0.3) is 0 Å². The van der Waals surface area contributed by atoms with Gasteiger partial charge in [0.1, 0.15) is 0 Å². The number of nitrogens with one attached hydrogen (secondary N) is 2. The second-order valence-electron chi connectivity index (χ2n) is 3.95. The van der Waals surface area contributed by atoms with E-state index in [0.717, 1.165) is 17.7 Å². The normalized spacial score (nSPS) is 14.6. The molecule has 1 aromatic carbocycles. The van der Waals surface area contributed by atoms with E-state index in [0.29, 0.717) is 6.54 Å². The summed E-state index contributed by atoms with van der Waals surface area (Å²) in [6.45, 7) is 0.358. The van der Waals surface area contributed by atoms with Crippen LogP contribution in [0.3, 0.4) is 0 Å². The molecule has 0 aliphatic carbocycles. The minimum Gasteiger partial charge on any atom is -0.311 e. The summed E-state index contributed by atoms with van der Waals surface area (Å²) in [4.78, 5) is 13.5. The highest BCUT2D eigenvalue weighted by molar-refractivity contribution is 7.87. The number of carbonyl (C=O) groups excluding carboxylic acids is 1.